The summed E-state index contributed by atoms with van der Waals surface area (Å²) in [5.74, 6) is -3.20. The van der Waals surface area contributed by atoms with Crippen LogP contribution in [-0.2, 0) is 4.79 Å². The van der Waals surface area contributed by atoms with E-state index in [1.165, 1.54) is 6.07 Å². The first-order valence-electron chi connectivity index (χ1n) is 12.2. The Labute approximate surface area is 221 Å². The first-order chi connectivity index (χ1) is 17.6. The number of hydrogen-bond donors (Lipinski definition) is 3. The number of carbonyl (C=O) groups is 1. The lowest BCUT2D eigenvalue weighted by Gasteiger charge is -2.29. The average molecular weight is 556 g/mol. The van der Waals surface area contributed by atoms with Crippen molar-refractivity contribution in [3.8, 4) is 0 Å². The van der Waals surface area contributed by atoms with E-state index >= 15 is 0 Å². The van der Waals surface area contributed by atoms with Crippen molar-refractivity contribution in [1.29, 1.82) is 0 Å². The fourth-order valence-corrected chi connectivity index (χ4v) is 5.67. The molecule has 0 bridgehead atoms. The average Bonchev–Trinajstić information content (AvgIpc) is 3.20. The van der Waals surface area contributed by atoms with Gasteiger partial charge in [0.2, 0.25) is 23.7 Å². The number of rotatable bonds is 6. The summed E-state index contributed by atoms with van der Waals surface area (Å²) in [5.41, 5.74) is 6.49. The largest absolute Gasteiger partial charge is 0.369 e. The van der Waals surface area contributed by atoms with Crippen LogP contribution in [0.3, 0.4) is 0 Å². The number of carbonyl (C=O) groups excluding carboxylic acids is 1. The SMILES string of the molecule is NC(=O)[C@H]1CC[C@@H](n2c(Nc3c(F)cc(Cl)cc3Cl)nc3cnc(NC4CCC(F)(F)CC4)nc32)CC1. The molecule has 1 aromatic carbocycles. The molecule has 0 radical (unpaired) electrons. The number of benzene rings is 1. The molecule has 2 fully saturated rings. The van der Waals surface area contributed by atoms with Gasteiger partial charge in [0, 0.05) is 35.9 Å². The topological polar surface area (TPSA) is 111 Å². The minimum atomic E-state index is -2.63. The maximum absolute atomic E-state index is 14.7. The Kier molecular flexibility index (Phi) is 7.10. The number of nitrogens with two attached hydrogens (primary N) is 1. The third kappa shape index (κ3) is 5.57. The van der Waals surface area contributed by atoms with Crippen molar-refractivity contribution in [2.45, 2.75) is 69.4 Å². The number of alkyl halides is 2. The summed E-state index contributed by atoms with van der Waals surface area (Å²) in [6.07, 6.45) is 4.26. The van der Waals surface area contributed by atoms with Gasteiger partial charge >= 0.3 is 0 Å². The highest BCUT2D eigenvalue weighted by atomic mass is 35.5. The molecule has 198 valence electrons. The third-order valence-corrected chi connectivity index (χ3v) is 7.71. The number of primary amides is 1. The Morgan fingerprint density at radius 3 is 2.43 bits per heavy atom. The zero-order valence-electron chi connectivity index (χ0n) is 19.8. The zero-order valence-corrected chi connectivity index (χ0v) is 21.3. The monoisotopic (exact) mass is 555 g/mol. The predicted octanol–water partition coefficient (Wildman–Crippen LogP) is 6.22. The molecule has 1 amide bonds. The van der Waals surface area contributed by atoms with Gasteiger partial charge in [0.1, 0.15) is 11.3 Å². The quantitative estimate of drug-likeness (QED) is 0.333. The summed E-state index contributed by atoms with van der Waals surface area (Å²) in [7, 11) is 0. The van der Waals surface area contributed by atoms with Gasteiger partial charge in [-0.15, -0.1) is 0 Å². The van der Waals surface area contributed by atoms with Gasteiger partial charge < -0.3 is 16.4 Å². The lowest BCUT2D eigenvalue weighted by molar-refractivity contribution is -0.122. The van der Waals surface area contributed by atoms with Gasteiger partial charge in [0.05, 0.1) is 16.9 Å². The molecule has 5 rings (SSSR count). The summed E-state index contributed by atoms with van der Waals surface area (Å²) in [6.45, 7) is 0. The van der Waals surface area contributed by atoms with Crippen LogP contribution in [0.1, 0.15) is 57.4 Å². The highest BCUT2D eigenvalue weighted by Gasteiger charge is 2.35. The molecular formula is C24H26Cl2F3N7O. The van der Waals surface area contributed by atoms with Crippen LogP contribution in [0.25, 0.3) is 11.2 Å². The number of halogens is 5. The Hall–Kier alpha value is -2.79. The fraction of sp³-hybridized carbons (Fsp3) is 0.500. The van der Waals surface area contributed by atoms with Crippen molar-refractivity contribution in [2.75, 3.05) is 10.6 Å². The van der Waals surface area contributed by atoms with Crippen LogP contribution in [0.5, 0.6) is 0 Å². The van der Waals surface area contributed by atoms with Gasteiger partial charge in [-0.25, -0.2) is 23.1 Å². The number of hydrogen-bond acceptors (Lipinski definition) is 6. The molecule has 2 aromatic heterocycles. The van der Waals surface area contributed by atoms with Crippen LogP contribution in [0.4, 0.5) is 30.8 Å². The zero-order chi connectivity index (χ0) is 26.3. The number of nitrogens with zero attached hydrogens (tertiary/aromatic N) is 4. The molecule has 0 spiro atoms. The van der Waals surface area contributed by atoms with Crippen LogP contribution in [-0.4, -0.2) is 37.4 Å². The first-order valence-corrected chi connectivity index (χ1v) is 13.0. The lowest BCUT2D eigenvalue weighted by atomic mass is 9.85. The van der Waals surface area contributed by atoms with Crippen LogP contribution < -0.4 is 16.4 Å². The van der Waals surface area contributed by atoms with E-state index in [0.29, 0.717) is 61.6 Å². The van der Waals surface area contributed by atoms with E-state index in [2.05, 4.69) is 25.6 Å². The second-order valence-electron chi connectivity index (χ2n) is 9.76. The maximum Gasteiger partial charge on any atom is 0.248 e. The molecule has 2 saturated carbocycles. The highest BCUT2D eigenvalue weighted by molar-refractivity contribution is 6.36. The van der Waals surface area contributed by atoms with Crippen LogP contribution in [0.15, 0.2) is 18.3 Å². The van der Waals surface area contributed by atoms with E-state index in [1.807, 2.05) is 4.57 Å². The smallest absolute Gasteiger partial charge is 0.248 e. The van der Waals surface area contributed by atoms with E-state index < -0.39 is 11.7 Å². The molecule has 3 aromatic rings. The summed E-state index contributed by atoms with van der Waals surface area (Å²) in [4.78, 5) is 25.3. The van der Waals surface area contributed by atoms with Gasteiger partial charge in [0.15, 0.2) is 5.65 Å². The summed E-state index contributed by atoms with van der Waals surface area (Å²) in [5, 5.41) is 6.41. The molecule has 0 unspecified atom stereocenters. The summed E-state index contributed by atoms with van der Waals surface area (Å²) in [6, 6.07) is 2.30. The minimum Gasteiger partial charge on any atom is -0.369 e. The molecule has 2 aliphatic rings. The minimum absolute atomic E-state index is 0.0166. The van der Waals surface area contributed by atoms with Crippen LogP contribution in [0.2, 0.25) is 10.0 Å². The molecule has 2 aliphatic carbocycles. The Bertz CT molecular complexity index is 1290. The molecular weight excluding hydrogens is 530 g/mol. The van der Waals surface area contributed by atoms with E-state index in [4.69, 9.17) is 28.9 Å². The number of aromatic nitrogens is 4. The van der Waals surface area contributed by atoms with Crippen molar-refractivity contribution >= 4 is 57.9 Å². The van der Waals surface area contributed by atoms with Crippen molar-refractivity contribution in [3.63, 3.8) is 0 Å². The summed E-state index contributed by atoms with van der Waals surface area (Å²) >= 11 is 12.2. The Balaban J connectivity index is 1.49. The van der Waals surface area contributed by atoms with Gasteiger partial charge in [-0.05, 0) is 50.7 Å². The van der Waals surface area contributed by atoms with Crippen molar-refractivity contribution in [1.82, 2.24) is 19.5 Å². The normalized spacial score (nSPS) is 22.2. The summed E-state index contributed by atoms with van der Waals surface area (Å²) < 4.78 is 43.7. The number of fused-ring (bicyclic) bond motifs is 1. The molecule has 0 aliphatic heterocycles. The first kappa shape index (κ1) is 25.8. The van der Waals surface area contributed by atoms with E-state index in [-0.39, 0.29) is 52.5 Å². The van der Waals surface area contributed by atoms with Gasteiger partial charge in [-0.1, -0.05) is 23.2 Å². The van der Waals surface area contributed by atoms with Crippen molar-refractivity contribution < 1.29 is 18.0 Å². The molecule has 4 N–H and O–H groups in total. The lowest BCUT2D eigenvalue weighted by Crippen LogP contribution is -2.32. The number of amides is 1. The Morgan fingerprint density at radius 2 is 1.78 bits per heavy atom. The molecule has 0 saturated heterocycles. The van der Waals surface area contributed by atoms with Crippen molar-refractivity contribution in [3.05, 3.63) is 34.2 Å². The predicted molar refractivity (Wildman–Crippen MR) is 136 cm³/mol. The highest BCUT2D eigenvalue weighted by Crippen LogP contribution is 2.39. The molecule has 13 heteroatoms. The van der Waals surface area contributed by atoms with Crippen LogP contribution in [0, 0.1) is 11.7 Å². The molecule has 37 heavy (non-hydrogen) atoms. The molecule has 0 atom stereocenters. The van der Waals surface area contributed by atoms with Gasteiger partial charge in [0.25, 0.3) is 0 Å². The second kappa shape index (κ2) is 10.2. The van der Waals surface area contributed by atoms with Gasteiger partial charge in [-0.3, -0.25) is 9.36 Å². The number of anilines is 3. The third-order valence-electron chi connectivity index (χ3n) is 7.19. The second-order valence-corrected chi connectivity index (χ2v) is 10.6. The molecule has 8 nitrogen and oxygen atoms in total. The number of imidazole rings is 1. The fourth-order valence-electron chi connectivity index (χ4n) is 5.15. The Morgan fingerprint density at radius 1 is 1.08 bits per heavy atom. The standard InChI is InChI=1S/C24H26Cl2F3N7O/c25-13-9-16(26)19(17(27)10-13)34-23-33-18-11-31-22(32-14-5-7-24(28,29)8-6-14)35-21(18)36(23)15-3-1-12(2-4-15)20(30)37/h9-12,14-15H,1-8H2,(H2,30,37)(H,33,34)(H,31,32,35)/t12-,15+. The van der Waals surface area contributed by atoms with Crippen molar-refractivity contribution in [2.24, 2.45) is 11.7 Å². The maximum atomic E-state index is 14.7. The van der Waals surface area contributed by atoms with E-state index in [0.717, 1.165) is 6.07 Å². The number of nitrogens with one attached hydrogen (secondary N) is 2. The van der Waals surface area contributed by atoms with E-state index in [9.17, 15) is 18.0 Å². The molecule has 2 heterocycles. The van der Waals surface area contributed by atoms with E-state index in [1.54, 1.807) is 6.20 Å². The van der Waals surface area contributed by atoms with Gasteiger partial charge in [-0.2, -0.15) is 4.98 Å². The van der Waals surface area contributed by atoms with Crippen LogP contribution >= 0.6 is 23.2 Å².